The normalized spacial score (nSPS) is 12.6. The molecular formula is C9H13NO3S. The molecule has 4 nitrogen and oxygen atoms in total. The van der Waals surface area contributed by atoms with Crippen molar-refractivity contribution in [3.63, 3.8) is 0 Å². The SMILES string of the molecule is COc1c(C)cnc(CS(=O)O)c1C. The van der Waals surface area contributed by atoms with E-state index < -0.39 is 11.1 Å². The molecule has 0 saturated heterocycles. The standard InChI is InChI=1S/C9H13NO3S/c1-6-4-10-8(5-14(11)12)7(2)9(6)13-3/h4H,5H2,1-3H3,(H,11,12). The third kappa shape index (κ3) is 2.30. The van der Waals surface area contributed by atoms with E-state index >= 15 is 0 Å². The Morgan fingerprint density at radius 3 is 2.71 bits per heavy atom. The summed E-state index contributed by atoms with van der Waals surface area (Å²) in [6.07, 6.45) is 1.65. The van der Waals surface area contributed by atoms with Crippen molar-refractivity contribution >= 4 is 11.1 Å². The highest BCUT2D eigenvalue weighted by Gasteiger charge is 2.10. The molecule has 1 aromatic rings. The number of nitrogens with zero attached hydrogens (tertiary/aromatic N) is 1. The molecule has 0 aliphatic heterocycles. The van der Waals surface area contributed by atoms with Crippen molar-refractivity contribution in [1.82, 2.24) is 4.98 Å². The van der Waals surface area contributed by atoms with E-state index in [1.54, 1.807) is 13.3 Å². The van der Waals surface area contributed by atoms with Crippen molar-refractivity contribution in [2.24, 2.45) is 0 Å². The fourth-order valence-electron chi connectivity index (χ4n) is 1.33. The van der Waals surface area contributed by atoms with Gasteiger partial charge in [0, 0.05) is 17.3 Å². The summed E-state index contributed by atoms with van der Waals surface area (Å²) in [7, 11) is 1.58. The van der Waals surface area contributed by atoms with Gasteiger partial charge < -0.3 is 9.29 Å². The first-order valence-electron chi connectivity index (χ1n) is 4.12. The predicted molar refractivity (Wildman–Crippen MR) is 54.7 cm³/mol. The van der Waals surface area contributed by atoms with Crippen LogP contribution in [0.4, 0.5) is 0 Å². The van der Waals surface area contributed by atoms with Crippen LogP contribution in [0.15, 0.2) is 6.20 Å². The lowest BCUT2D eigenvalue weighted by molar-refractivity contribution is 0.407. The van der Waals surface area contributed by atoms with Crippen molar-refractivity contribution in [1.29, 1.82) is 0 Å². The third-order valence-corrected chi connectivity index (χ3v) is 2.53. The number of pyridine rings is 1. The fraction of sp³-hybridized carbons (Fsp3) is 0.444. The van der Waals surface area contributed by atoms with E-state index in [-0.39, 0.29) is 5.75 Å². The summed E-state index contributed by atoms with van der Waals surface area (Å²) in [6.45, 7) is 3.72. The van der Waals surface area contributed by atoms with Gasteiger partial charge in [0.1, 0.15) is 5.75 Å². The largest absolute Gasteiger partial charge is 0.496 e. The van der Waals surface area contributed by atoms with Crippen LogP contribution in [0.2, 0.25) is 0 Å². The molecule has 14 heavy (non-hydrogen) atoms. The maximum Gasteiger partial charge on any atom is 0.158 e. The lowest BCUT2D eigenvalue weighted by atomic mass is 10.1. The molecule has 0 radical (unpaired) electrons. The molecule has 0 aliphatic carbocycles. The van der Waals surface area contributed by atoms with Gasteiger partial charge in [-0.2, -0.15) is 0 Å². The Bertz CT molecular complexity index is 365. The smallest absolute Gasteiger partial charge is 0.158 e. The van der Waals surface area contributed by atoms with Crippen LogP contribution in [0.1, 0.15) is 16.8 Å². The van der Waals surface area contributed by atoms with E-state index in [2.05, 4.69) is 4.98 Å². The maximum atomic E-state index is 10.6. The second-order valence-electron chi connectivity index (χ2n) is 3.01. The van der Waals surface area contributed by atoms with Gasteiger partial charge >= 0.3 is 0 Å². The molecule has 0 spiro atoms. The topological polar surface area (TPSA) is 59.4 Å². The first kappa shape index (κ1) is 11.1. The summed E-state index contributed by atoms with van der Waals surface area (Å²) in [5, 5.41) is 0. The van der Waals surface area contributed by atoms with Gasteiger partial charge in [0.15, 0.2) is 11.1 Å². The number of aryl methyl sites for hydroxylation is 1. The molecule has 1 aromatic heterocycles. The van der Waals surface area contributed by atoms with Crippen molar-refractivity contribution in [3.8, 4) is 5.75 Å². The molecule has 1 N–H and O–H groups in total. The first-order chi connectivity index (χ1) is 6.56. The summed E-state index contributed by atoms with van der Waals surface area (Å²) < 4.78 is 24.6. The van der Waals surface area contributed by atoms with E-state index in [1.807, 2.05) is 13.8 Å². The van der Waals surface area contributed by atoms with E-state index in [0.717, 1.165) is 16.9 Å². The molecule has 0 saturated carbocycles. The van der Waals surface area contributed by atoms with Crippen molar-refractivity contribution in [2.45, 2.75) is 19.6 Å². The van der Waals surface area contributed by atoms with E-state index in [1.165, 1.54) is 0 Å². The molecule has 1 rings (SSSR count). The molecule has 1 heterocycles. The third-order valence-electron chi connectivity index (χ3n) is 2.01. The second kappa shape index (κ2) is 4.52. The number of hydrogen-bond acceptors (Lipinski definition) is 3. The number of aromatic nitrogens is 1. The number of ether oxygens (including phenoxy) is 1. The molecule has 0 bridgehead atoms. The van der Waals surface area contributed by atoms with E-state index in [9.17, 15) is 4.21 Å². The lowest BCUT2D eigenvalue weighted by Gasteiger charge is -2.10. The average molecular weight is 215 g/mol. The van der Waals surface area contributed by atoms with Crippen LogP contribution in [0.3, 0.4) is 0 Å². The quantitative estimate of drug-likeness (QED) is 0.775. The Labute approximate surface area is 85.6 Å². The summed E-state index contributed by atoms with van der Waals surface area (Å²) in [5.74, 6) is 0.781. The molecule has 1 unspecified atom stereocenters. The van der Waals surface area contributed by atoms with Crippen LogP contribution in [0, 0.1) is 13.8 Å². The Hall–Kier alpha value is -0.940. The average Bonchev–Trinajstić information content (AvgIpc) is 2.10. The summed E-state index contributed by atoms with van der Waals surface area (Å²) in [4.78, 5) is 4.09. The molecule has 0 amide bonds. The zero-order valence-corrected chi connectivity index (χ0v) is 9.22. The van der Waals surface area contributed by atoms with Crippen LogP contribution < -0.4 is 4.74 Å². The Kier molecular flexibility index (Phi) is 3.60. The number of rotatable bonds is 3. The van der Waals surface area contributed by atoms with E-state index in [0.29, 0.717) is 5.69 Å². The van der Waals surface area contributed by atoms with Crippen LogP contribution in [-0.2, 0) is 16.8 Å². The number of methoxy groups -OCH3 is 1. The van der Waals surface area contributed by atoms with Crippen molar-refractivity contribution < 1.29 is 13.5 Å². The lowest BCUT2D eigenvalue weighted by Crippen LogP contribution is -2.02. The van der Waals surface area contributed by atoms with Gasteiger partial charge in [-0.25, -0.2) is 4.21 Å². The molecule has 78 valence electrons. The minimum atomic E-state index is -1.86. The highest BCUT2D eigenvalue weighted by Crippen LogP contribution is 2.24. The first-order valence-corrected chi connectivity index (χ1v) is 5.40. The monoisotopic (exact) mass is 215 g/mol. The van der Waals surface area contributed by atoms with Gasteiger partial charge in [-0.15, -0.1) is 0 Å². The molecule has 1 atom stereocenters. The Balaban J connectivity index is 3.14. The summed E-state index contributed by atoms with van der Waals surface area (Å²) in [6, 6.07) is 0. The summed E-state index contributed by atoms with van der Waals surface area (Å²) in [5.41, 5.74) is 2.36. The van der Waals surface area contributed by atoms with Gasteiger partial charge in [-0.05, 0) is 13.8 Å². The van der Waals surface area contributed by atoms with Gasteiger partial charge in [0.25, 0.3) is 0 Å². The van der Waals surface area contributed by atoms with E-state index in [4.69, 9.17) is 9.29 Å². The van der Waals surface area contributed by atoms with Gasteiger partial charge in [-0.1, -0.05) is 0 Å². The maximum absolute atomic E-state index is 10.6. The summed E-state index contributed by atoms with van der Waals surface area (Å²) >= 11 is -1.86. The number of hydrogen-bond donors (Lipinski definition) is 1. The Morgan fingerprint density at radius 1 is 1.57 bits per heavy atom. The zero-order valence-electron chi connectivity index (χ0n) is 8.40. The molecule has 5 heteroatoms. The van der Waals surface area contributed by atoms with Crippen LogP contribution >= 0.6 is 0 Å². The minimum absolute atomic E-state index is 0.0441. The Morgan fingerprint density at radius 2 is 2.21 bits per heavy atom. The molecular weight excluding hydrogens is 202 g/mol. The highest BCUT2D eigenvalue weighted by molar-refractivity contribution is 7.78. The van der Waals surface area contributed by atoms with Gasteiger partial charge in [0.05, 0.1) is 18.6 Å². The fourth-order valence-corrected chi connectivity index (χ4v) is 1.86. The van der Waals surface area contributed by atoms with Gasteiger partial charge in [-0.3, -0.25) is 4.98 Å². The van der Waals surface area contributed by atoms with Gasteiger partial charge in [0.2, 0.25) is 0 Å². The molecule has 0 fully saturated rings. The van der Waals surface area contributed by atoms with Crippen molar-refractivity contribution in [3.05, 3.63) is 23.0 Å². The predicted octanol–water partition coefficient (Wildman–Crippen LogP) is 1.43. The minimum Gasteiger partial charge on any atom is -0.496 e. The highest BCUT2D eigenvalue weighted by atomic mass is 32.2. The van der Waals surface area contributed by atoms with Crippen LogP contribution in [-0.4, -0.2) is 20.9 Å². The van der Waals surface area contributed by atoms with Crippen molar-refractivity contribution in [2.75, 3.05) is 7.11 Å². The second-order valence-corrected chi connectivity index (χ2v) is 3.94. The molecule has 0 aliphatic rings. The van der Waals surface area contributed by atoms with Crippen LogP contribution in [0.25, 0.3) is 0 Å². The molecule has 0 aromatic carbocycles. The zero-order chi connectivity index (χ0) is 10.7. The van der Waals surface area contributed by atoms with Crippen LogP contribution in [0.5, 0.6) is 5.75 Å².